The summed E-state index contributed by atoms with van der Waals surface area (Å²) >= 11 is 6.08. The quantitative estimate of drug-likeness (QED) is 0.526. The van der Waals surface area contributed by atoms with Gasteiger partial charge in [0.2, 0.25) is 5.28 Å². The number of nitrogens with zero attached hydrogens (tertiary/aromatic N) is 5. The van der Waals surface area contributed by atoms with Crippen molar-refractivity contribution in [2.45, 2.75) is 38.5 Å². The van der Waals surface area contributed by atoms with Crippen LogP contribution in [0.2, 0.25) is 5.28 Å². The van der Waals surface area contributed by atoms with E-state index >= 15 is 0 Å². The second-order valence-corrected chi connectivity index (χ2v) is 6.83. The fraction of sp³-hybridized carbons (Fsp3) is 0.529. The number of aliphatic carboxylic acids is 1. The number of carboxylic acids is 1. The average Bonchev–Trinajstić information content (AvgIpc) is 2.90. The van der Waals surface area contributed by atoms with E-state index in [1.807, 2.05) is 0 Å². The molecule has 3 heterocycles. The summed E-state index contributed by atoms with van der Waals surface area (Å²) in [5.74, 6) is 3.65. The molecule has 2 aromatic rings. The SMILES string of the molecule is CC#CCn1c(=O)n(C)c2nc(Cl)nc(N3CCCC(N)C3)c21.O=C(O)C(F)(F)F. The van der Waals surface area contributed by atoms with Crippen LogP contribution >= 0.6 is 11.6 Å². The number of carbonyl (C=O) groups is 1. The zero-order valence-electron chi connectivity index (χ0n) is 16.2. The second-order valence-electron chi connectivity index (χ2n) is 6.49. The van der Waals surface area contributed by atoms with Crippen LogP contribution in [-0.4, -0.2) is 55.5 Å². The Hall–Kier alpha value is -2.78. The van der Waals surface area contributed by atoms with Crippen molar-refractivity contribution in [3.8, 4) is 11.8 Å². The molecule has 0 saturated carbocycles. The number of aromatic nitrogens is 4. The lowest BCUT2D eigenvalue weighted by Crippen LogP contribution is -2.43. The molecule has 1 aliphatic rings. The standard InChI is InChI=1S/C15H19ClN6O.C2HF3O2/c1-3-4-8-22-11-12(20(2)15(22)23)18-14(16)19-13(11)21-7-5-6-10(17)9-21;3-2(4,5)1(6)7/h10H,5-9,17H2,1-2H3;(H,6,7). The van der Waals surface area contributed by atoms with E-state index in [9.17, 15) is 18.0 Å². The maximum atomic E-state index is 12.5. The van der Waals surface area contributed by atoms with Crippen LogP contribution in [0.4, 0.5) is 19.0 Å². The van der Waals surface area contributed by atoms with Crippen LogP contribution in [0.3, 0.4) is 0 Å². The van der Waals surface area contributed by atoms with Crippen LogP contribution in [-0.2, 0) is 18.4 Å². The average molecular weight is 449 g/mol. The van der Waals surface area contributed by atoms with Gasteiger partial charge in [0.15, 0.2) is 11.5 Å². The lowest BCUT2D eigenvalue weighted by molar-refractivity contribution is -0.192. The van der Waals surface area contributed by atoms with E-state index in [-0.39, 0.29) is 17.0 Å². The minimum Gasteiger partial charge on any atom is -0.475 e. The Morgan fingerprint density at radius 2 is 2.03 bits per heavy atom. The molecule has 1 saturated heterocycles. The number of anilines is 1. The summed E-state index contributed by atoms with van der Waals surface area (Å²) in [6, 6.07) is 0.0897. The highest BCUT2D eigenvalue weighted by molar-refractivity contribution is 6.28. The highest BCUT2D eigenvalue weighted by Crippen LogP contribution is 2.27. The Morgan fingerprint density at radius 3 is 2.57 bits per heavy atom. The smallest absolute Gasteiger partial charge is 0.475 e. The number of piperidine rings is 1. The molecule has 0 bridgehead atoms. The Morgan fingerprint density at radius 1 is 1.40 bits per heavy atom. The summed E-state index contributed by atoms with van der Waals surface area (Å²) in [6.07, 6.45) is -3.11. The van der Waals surface area contributed by atoms with E-state index in [0.29, 0.717) is 30.1 Å². The predicted octanol–water partition coefficient (Wildman–Crippen LogP) is 1.37. The van der Waals surface area contributed by atoms with Crippen molar-refractivity contribution in [3.05, 3.63) is 15.8 Å². The van der Waals surface area contributed by atoms with Crippen molar-refractivity contribution < 1.29 is 23.1 Å². The summed E-state index contributed by atoms with van der Waals surface area (Å²) in [4.78, 5) is 32.1. The van der Waals surface area contributed by atoms with E-state index in [4.69, 9.17) is 27.2 Å². The first-order chi connectivity index (χ1) is 14.0. The van der Waals surface area contributed by atoms with Gasteiger partial charge in [0.25, 0.3) is 0 Å². The molecule has 1 aliphatic heterocycles. The number of halogens is 4. The molecule has 1 fully saturated rings. The monoisotopic (exact) mass is 448 g/mol. The molecule has 0 aliphatic carbocycles. The highest BCUT2D eigenvalue weighted by Gasteiger charge is 2.38. The molecule has 1 atom stereocenters. The summed E-state index contributed by atoms with van der Waals surface area (Å²) in [7, 11) is 1.68. The van der Waals surface area contributed by atoms with Crippen molar-refractivity contribution in [3.63, 3.8) is 0 Å². The van der Waals surface area contributed by atoms with E-state index < -0.39 is 12.1 Å². The largest absolute Gasteiger partial charge is 0.490 e. The molecule has 0 aromatic carbocycles. The zero-order valence-corrected chi connectivity index (χ0v) is 17.0. The van der Waals surface area contributed by atoms with Gasteiger partial charge >= 0.3 is 17.8 Å². The van der Waals surface area contributed by atoms with Gasteiger partial charge in [0.05, 0.1) is 6.54 Å². The molecule has 0 spiro atoms. The number of hydrogen-bond donors (Lipinski definition) is 2. The van der Waals surface area contributed by atoms with Crippen molar-refractivity contribution in [2.75, 3.05) is 18.0 Å². The number of rotatable bonds is 2. The Kier molecular flexibility index (Phi) is 7.33. The van der Waals surface area contributed by atoms with Gasteiger partial charge in [0.1, 0.15) is 5.52 Å². The third kappa shape index (κ3) is 5.22. The van der Waals surface area contributed by atoms with Crippen molar-refractivity contribution in [1.82, 2.24) is 19.1 Å². The molecule has 0 radical (unpaired) electrons. The molecule has 3 N–H and O–H groups in total. The van der Waals surface area contributed by atoms with Crippen LogP contribution in [0.5, 0.6) is 0 Å². The first kappa shape index (κ1) is 23.5. The van der Waals surface area contributed by atoms with Crippen LogP contribution in [0.1, 0.15) is 19.8 Å². The van der Waals surface area contributed by atoms with Gasteiger partial charge in [-0.1, -0.05) is 5.92 Å². The minimum absolute atomic E-state index is 0.0897. The Labute approximate surface area is 174 Å². The third-order valence-corrected chi connectivity index (χ3v) is 4.51. The van der Waals surface area contributed by atoms with Gasteiger partial charge in [-0.3, -0.25) is 9.13 Å². The van der Waals surface area contributed by atoms with Crippen LogP contribution in [0.25, 0.3) is 11.2 Å². The molecule has 9 nitrogen and oxygen atoms in total. The summed E-state index contributed by atoms with van der Waals surface area (Å²) in [5, 5.41) is 7.25. The number of imidazole rings is 1. The molecule has 3 rings (SSSR count). The molecule has 2 aromatic heterocycles. The number of carboxylic acid groups (broad SMARTS) is 1. The first-order valence-electron chi connectivity index (χ1n) is 8.80. The second kappa shape index (κ2) is 9.36. The Bertz CT molecular complexity index is 1050. The first-order valence-corrected chi connectivity index (χ1v) is 9.18. The van der Waals surface area contributed by atoms with Gasteiger partial charge in [-0.15, -0.1) is 5.92 Å². The van der Waals surface area contributed by atoms with Crippen LogP contribution < -0.4 is 16.3 Å². The lowest BCUT2D eigenvalue weighted by atomic mass is 10.1. The summed E-state index contributed by atoms with van der Waals surface area (Å²) in [5.41, 5.74) is 7.09. The molecular formula is C17H20ClF3N6O3. The zero-order chi connectivity index (χ0) is 22.6. The summed E-state index contributed by atoms with van der Waals surface area (Å²) in [6.45, 7) is 3.56. The molecular weight excluding hydrogens is 429 g/mol. The fourth-order valence-corrected chi connectivity index (χ4v) is 3.14. The topological polar surface area (TPSA) is 119 Å². The van der Waals surface area contributed by atoms with E-state index in [1.54, 1.807) is 18.5 Å². The van der Waals surface area contributed by atoms with Crippen LogP contribution in [0.15, 0.2) is 4.79 Å². The van der Waals surface area contributed by atoms with Crippen molar-refractivity contribution in [2.24, 2.45) is 12.8 Å². The fourth-order valence-electron chi connectivity index (χ4n) is 2.98. The third-order valence-electron chi connectivity index (χ3n) is 4.34. The van der Waals surface area contributed by atoms with Crippen LogP contribution in [0, 0.1) is 11.8 Å². The van der Waals surface area contributed by atoms with Gasteiger partial charge in [-0.2, -0.15) is 23.1 Å². The molecule has 0 amide bonds. The Balaban J connectivity index is 0.000000396. The van der Waals surface area contributed by atoms with Crippen molar-refractivity contribution in [1.29, 1.82) is 0 Å². The normalized spacial score (nSPS) is 16.5. The van der Waals surface area contributed by atoms with E-state index in [2.05, 4.69) is 26.7 Å². The predicted molar refractivity (Wildman–Crippen MR) is 104 cm³/mol. The maximum Gasteiger partial charge on any atom is 0.490 e. The minimum atomic E-state index is -5.08. The number of alkyl halides is 3. The van der Waals surface area contributed by atoms with Gasteiger partial charge in [0, 0.05) is 26.2 Å². The number of fused-ring (bicyclic) bond motifs is 1. The highest BCUT2D eigenvalue weighted by atomic mass is 35.5. The molecule has 1 unspecified atom stereocenters. The summed E-state index contributed by atoms with van der Waals surface area (Å²) < 4.78 is 34.8. The molecule has 30 heavy (non-hydrogen) atoms. The molecule has 164 valence electrons. The number of nitrogens with two attached hydrogens (primary N) is 1. The van der Waals surface area contributed by atoms with Crippen molar-refractivity contribution >= 4 is 34.6 Å². The lowest BCUT2D eigenvalue weighted by Gasteiger charge is -2.32. The van der Waals surface area contributed by atoms with Gasteiger partial charge in [-0.25, -0.2) is 9.59 Å². The number of aryl methyl sites for hydroxylation is 1. The molecule has 13 heteroatoms. The van der Waals surface area contributed by atoms with E-state index in [1.165, 1.54) is 4.57 Å². The maximum absolute atomic E-state index is 12.5. The van der Waals surface area contributed by atoms with Gasteiger partial charge < -0.3 is 15.7 Å². The number of hydrogen-bond acceptors (Lipinski definition) is 6. The van der Waals surface area contributed by atoms with Gasteiger partial charge in [-0.05, 0) is 31.4 Å². The van der Waals surface area contributed by atoms with E-state index in [0.717, 1.165) is 19.4 Å².